The van der Waals surface area contributed by atoms with Gasteiger partial charge in [0.2, 0.25) is 0 Å². The van der Waals surface area contributed by atoms with Gasteiger partial charge in [-0.2, -0.15) is 18.3 Å². The molecule has 2 aliphatic carbocycles. The molecule has 50 heavy (non-hydrogen) atoms. The lowest BCUT2D eigenvalue weighted by atomic mass is 9.75. The zero-order valence-electron chi connectivity index (χ0n) is 27.3. The molecule has 3 amide bonds. The van der Waals surface area contributed by atoms with Crippen LogP contribution >= 0.6 is 0 Å². The van der Waals surface area contributed by atoms with Gasteiger partial charge in [-0.15, -0.1) is 5.11 Å². The quantitative estimate of drug-likeness (QED) is 0.161. The molecule has 6 N–H and O–H groups in total. The Labute approximate surface area is 282 Å². The Kier molecular flexibility index (Phi) is 9.79. The zero-order valence-corrected chi connectivity index (χ0v) is 27.3. The highest BCUT2D eigenvalue weighted by atomic mass is 19.4. The van der Waals surface area contributed by atoms with E-state index in [1.165, 1.54) is 25.2 Å². The molecule has 0 radical (unpaired) electrons. The third-order valence-corrected chi connectivity index (χ3v) is 8.55. The van der Waals surface area contributed by atoms with Crippen LogP contribution in [0.4, 0.5) is 29.5 Å². The molecule has 0 atom stereocenters. The van der Waals surface area contributed by atoms with E-state index in [0.717, 1.165) is 15.6 Å². The van der Waals surface area contributed by atoms with Crippen molar-refractivity contribution in [3.8, 4) is 5.69 Å². The summed E-state index contributed by atoms with van der Waals surface area (Å²) in [6.07, 6.45) is -2.39. The lowest BCUT2D eigenvalue weighted by Crippen LogP contribution is -2.36. The number of ether oxygens (including phenoxy) is 1. The molecule has 16 nitrogen and oxygen atoms in total. The van der Waals surface area contributed by atoms with Crippen LogP contribution in [0.5, 0.6) is 0 Å². The largest absolute Gasteiger partial charge is 0.461 e. The van der Waals surface area contributed by atoms with Crippen LogP contribution in [0.3, 0.4) is 0 Å². The van der Waals surface area contributed by atoms with Gasteiger partial charge in [-0.25, -0.2) is 24.6 Å². The van der Waals surface area contributed by atoms with Crippen LogP contribution in [0.25, 0.3) is 5.69 Å². The van der Waals surface area contributed by atoms with E-state index in [0.29, 0.717) is 25.7 Å². The minimum atomic E-state index is -4.85. The lowest BCUT2D eigenvalue weighted by Gasteiger charge is -2.30. The summed E-state index contributed by atoms with van der Waals surface area (Å²) in [6.45, 7) is 3.08. The van der Waals surface area contributed by atoms with Crippen molar-refractivity contribution in [3.63, 3.8) is 0 Å². The SMILES string of the molecule is CNC(=O)n1cnc(C(=O)NCC(=O)O[C@H]2CC[C@H](Nc3cc(-n4nc(C(F)(F)F)c5c4CC(C)(C)CC5=O)ccc3C(N)=O)CC2)c1N=N. The lowest BCUT2D eigenvalue weighted by molar-refractivity contribution is -0.149. The first-order valence-corrected chi connectivity index (χ1v) is 15.6. The van der Waals surface area contributed by atoms with Crippen molar-refractivity contribution in [2.45, 2.75) is 70.7 Å². The van der Waals surface area contributed by atoms with Gasteiger partial charge < -0.3 is 26.4 Å². The normalized spacial score (nSPS) is 18.5. The molecule has 0 spiro atoms. The summed E-state index contributed by atoms with van der Waals surface area (Å²) in [4.78, 5) is 65.8. The number of benzene rings is 1. The first kappa shape index (κ1) is 35.7. The first-order chi connectivity index (χ1) is 23.5. The standard InChI is InChI=1S/C31H35F3N10O6/c1-30(2)11-20-23(21(45)12-30)25(31(32,33)34)42-44(20)16-6-9-18(26(35)47)19(10-16)40-15-4-7-17(8-5-15)50-22(46)13-38-28(48)24-27(41-36)43(14-39-24)29(49)37-3/h6,9-10,14-15,17,36,40H,4-5,7-8,11-13H2,1-3H3,(H2,35,47)(H,37,49)(H,38,48)/t15-,17-. The van der Waals surface area contributed by atoms with Crippen molar-refractivity contribution < 1.29 is 41.9 Å². The number of primary amides is 1. The second-order valence-electron chi connectivity index (χ2n) is 12.9. The number of amides is 3. The number of nitrogens with zero attached hydrogens (tertiary/aromatic N) is 5. The summed E-state index contributed by atoms with van der Waals surface area (Å²) < 4.78 is 49.4. The number of hydrogen-bond acceptors (Lipinski definition) is 11. The fourth-order valence-electron chi connectivity index (χ4n) is 6.25. The summed E-state index contributed by atoms with van der Waals surface area (Å²) >= 11 is 0. The molecule has 19 heteroatoms. The highest BCUT2D eigenvalue weighted by Crippen LogP contribution is 2.42. The van der Waals surface area contributed by atoms with E-state index in [9.17, 15) is 37.1 Å². The van der Waals surface area contributed by atoms with E-state index in [-0.39, 0.29) is 53.0 Å². The summed E-state index contributed by atoms with van der Waals surface area (Å²) in [5, 5.41) is 14.9. The van der Waals surface area contributed by atoms with Gasteiger partial charge in [-0.3, -0.25) is 19.2 Å². The maximum absolute atomic E-state index is 14.0. The number of nitrogens with one attached hydrogen (secondary N) is 4. The molecule has 2 heterocycles. The third kappa shape index (κ3) is 7.35. The van der Waals surface area contributed by atoms with Crippen LogP contribution < -0.4 is 21.7 Å². The molecular formula is C31H35F3N10O6. The molecule has 0 saturated heterocycles. The number of anilines is 1. The molecule has 266 valence electrons. The van der Waals surface area contributed by atoms with Crippen LogP contribution in [-0.2, 0) is 22.1 Å². The minimum Gasteiger partial charge on any atom is -0.461 e. The Morgan fingerprint density at radius 2 is 1.84 bits per heavy atom. The van der Waals surface area contributed by atoms with Crippen molar-refractivity contribution in [3.05, 3.63) is 52.7 Å². The first-order valence-electron chi connectivity index (χ1n) is 15.6. The van der Waals surface area contributed by atoms with Gasteiger partial charge in [0.15, 0.2) is 23.0 Å². The Hall–Kier alpha value is -5.62. The fourth-order valence-corrected chi connectivity index (χ4v) is 6.25. The van der Waals surface area contributed by atoms with Gasteiger partial charge in [0, 0.05) is 25.2 Å². The number of aromatic nitrogens is 4. The third-order valence-electron chi connectivity index (χ3n) is 8.55. The van der Waals surface area contributed by atoms with Gasteiger partial charge in [0.05, 0.1) is 22.5 Å². The van der Waals surface area contributed by atoms with Crippen LogP contribution in [0, 0.1) is 10.9 Å². The number of imidazole rings is 1. The van der Waals surface area contributed by atoms with Gasteiger partial charge in [-0.1, -0.05) is 13.8 Å². The number of halogens is 3. The Balaban J connectivity index is 1.24. The predicted octanol–water partition coefficient (Wildman–Crippen LogP) is 3.89. The minimum absolute atomic E-state index is 0.0501. The number of alkyl halides is 3. The maximum atomic E-state index is 14.0. The molecule has 1 saturated carbocycles. The second-order valence-corrected chi connectivity index (χ2v) is 12.9. The van der Waals surface area contributed by atoms with Gasteiger partial charge >= 0.3 is 18.2 Å². The molecule has 0 unspecified atom stereocenters. The number of carbonyl (C=O) groups excluding carboxylic acids is 5. The molecule has 2 aliphatic rings. The van der Waals surface area contributed by atoms with Gasteiger partial charge in [0.25, 0.3) is 11.8 Å². The molecule has 2 aromatic heterocycles. The molecular weight excluding hydrogens is 665 g/mol. The Morgan fingerprint density at radius 3 is 2.46 bits per heavy atom. The summed E-state index contributed by atoms with van der Waals surface area (Å²) in [7, 11) is 1.35. The molecule has 0 bridgehead atoms. The number of esters is 1. The van der Waals surface area contributed by atoms with E-state index in [1.807, 2.05) is 0 Å². The van der Waals surface area contributed by atoms with Gasteiger partial charge in [-0.05, 0) is 55.7 Å². The van der Waals surface area contributed by atoms with Crippen molar-refractivity contribution in [2.24, 2.45) is 16.3 Å². The average molecular weight is 701 g/mol. The molecule has 0 aliphatic heterocycles. The smallest absolute Gasteiger partial charge is 0.435 e. The van der Waals surface area contributed by atoms with Crippen molar-refractivity contribution in [1.29, 1.82) is 5.53 Å². The molecule has 5 rings (SSSR count). The van der Waals surface area contributed by atoms with E-state index in [1.54, 1.807) is 13.8 Å². The number of carbonyl (C=O) groups is 5. The topological polar surface area (TPSA) is 229 Å². The second kappa shape index (κ2) is 13.7. The zero-order chi connectivity index (χ0) is 36.5. The Morgan fingerprint density at radius 1 is 1.14 bits per heavy atom. The van der Waals surface area contributed by atoms with Crippen LogP contribution in [0.15, 0.2) is 29.6 Å². The highest BCUT2D eigenvalue weighted by Gasteiger charge is 2.45. The van der Waals surface area contributed by atoms with Crippen LogP contribution in [0.1, 0.15) is 88.5 Å². The number of ketones is 1. The van der Waals surface area contributed by atoms with E-state index in [2.05, 4.69) is 31.1 Å². The van der Waals surface area contributed by atoms with E-state index >= 15 is 0 Å². The van der Waals surface area contributed by atoms with Crippen LogP contribution in [0.2, 0.25) is 0 Å². The average Bonchev–Trinajstić information content (AvgIpc) is 3.66. The maximum Gasteiger partial charge on any atom is 0.435 e. The van der Waals surface area contributed by atoms with Gasteiger partial charge in [0.1, 0.15) is 19.0 Å². The number of rotatable bonds is 9. The Bertz CT molecular complexity index is 1870. The van der Waals surface area contributed by atoms with E-state index < -0.39 is 65.1 Å². The monoisotopic (exact) mass is 700 g/mol. The predicted molar refractivity (Wildman–Crippen MR) is 168 cm³/mol. The summed E-state index contributed by atoms with van der Waals surface area (Å²) in [5.74, 6) is -3.28. The number of nitrogens with two attached hydrogens (primary N) is 1. The summed E-state index contributed by atoms with van der Waals surface area (Å²) in [5.41, 5.74) is 11.0. The van der Waals surface area contributed by atoms with E-state index in [4.69, 9.17) is 16.0 Å². The van der Waals surface area contributed by atoms with Crippen molar-refractivity contribution in [1.82, 2.24) is 30.0 Å². The molecule has 3 aromatic rings. The highest BCUT2D eigenvalue weighted by molar-refractivity contribution is 6.01. The van der Waals surface area contributed by atoms with Crippen molar-refractivity contribution in [2.75, 3.05) is 18.9 Å². The van der Waals surface area contributed by atoms with Crippen LogP contribution in [-0.4, -0.2) is 74.7 Å². The molecule has 1 fully saturated rings. The summed E-state index contributed by atoms with van der Waals surface area (Å²) in [6, 6.07) is 3.41. The fraction of sp³-hybridized carbons (Fsp3) is 0.452. The molecule has 1 aromatic carbocycles. The number of Topliss-reactive ketones (excluding diaryl/α,β-unsaturated/α-hetero) is 1. The number of fused-ring (bicyclic) bond motifs is 1. The number of hydrogen-bond donors (Lipinski definition) is 5. The van der Waals surface area contributed by atoms with Crippen molar-refractivity contribution >= 4 is 41.1 Å².